The summed E-state index contributed by atoms with van der Waals surface area (Å²) in [4.78, 5) is 44.5. The maximum absolute atomic E-state index is 13.2. The lowest BCUT2D eigenvalue weighted by Crippen LogP contribution is -2.44. The zero-order chi connectivity index (χ0) is 23.2. The summed E-state index contributed by atoms with van der Waals surface area (Å²) >= 11 is 0. The second-order valence-electron chi connectivity index (χ2n) is 8.50. The molecule has 0 radical (unpaired) electrons. The molecule has 3 heterocycles. The van der Waals surface area contributed by atoms with Gasteiger partial charge in [-0.3, -0.25) is 14.4 Å². The number of hydrogen-bond donors (Lipinski definition) is 1. The van der Waals surface area contributed by atoms with E-state index in [0.717, 1.165) is 30.8 Å². The minimum atomic E-state index is -0.440. The first-order valence-electron chi connectivity index (χ1n) is 11.3. The number of benzene rings is 1. The molecule has 0 spiro atoms. The molecule has 1 N–H and O–H groups in total. The molecular formula is C25H29N5O3. The summed E-state index contributed by atoms with van der Waals surface area (Å²) in [6.07, 6.45) is 7.20. The Morgan fingerprint density at radius 2 is 1.91 bits per heavy atom. The highest BCUT2D eigenvalue weighted by molar-refractivity contribution is 5.94. The second kappa shape index (κ2) is 10.3. The monoisotopic (exact) mass is 447 g/mol. The largest absolute Gasteiger partial charge is 0.350 e. The van der Waals surface area contributed by atoms with Crippen LogP contribution in [0.3, 0.4) is 0 Å². The van der Waals surface area contributed by atoms with Crippen molar-refractivity contribution in [3.05, 3.63) is 88.4 Å². The first kappa shape index (κ1) is 22.5. The SMILES string of the molecule is Cc1nccn1CC1CCCN(C(=O)c2cccn(CC(=O)NCc3ccccc3)c2=O)C1. The van der Waals surface area contributed by atoms with Crippen LogP contribution >= 0.6 is 0 Å². The second-order valence-corrected chi connectivity index (χ2v) is 8.50. The van der Waals surface area contributed by atoms with E-state index in [4.69, 9.17) is 0 Å². The summed E-state index contributed by atoms with van der Waals surface area (Å²) in [7, 11) is 0. The van der Waals surface area contributed by atoms with Crippen LogP contribution in [0.25, 0.3) is 0 Å². The molecule has 0 aliphatic carbocycles. The third-order valence-corrected chi connectivity index (χ3v) is 6.08. The molecule has 1 aliphatic rings. The molecule has 2 amide bonds. The maximum Gasteiger partial charge on any atom is 0.263 e. The third-order valence-electron chi connectivity index (χ3n) is 6.08. The average Bonchev–Trinajstić information content (AvgIpc) is 3.23. The van der Waals surface area contributed by atoms with Crippen LogP contribution in [-0.2, 0) is 24.4 Å². The Labute approximate surface area is 192 Å². The van der Waals surface area contributed by atoms with Crippen molar-refractivity contribution in [1.82, 2.24) is 24.3 Å². The highest BCUT2D eigenvalue weighted by atomic mass is 16.2. The number of rotatable bonds is 7. The Morgan fingerprint density at radius 3 is 2.67 bits per heavy atom. The van der Waals surface area contributed by atoms with Crippen LogP contribution in [0.4, 0.5) is 0 Å². The molecule has 1 fully saturated rings. The van der Waals surface area contributed by atoms with E-state index < -0.39 is 5.56 Å². The molecule has 0 bridgehead atoms. The summed E-state index contributed by atoms with van der Waals surface area (Å²) in [6, 6.07) is 12.8. The van der Waals surface area contributed by atoms with Gasteiger partial charge in [-0.2, -0.15) is 0 Å². The van der Waals surface area contributed by atoms with E-state index >= 15 is 0 Å². The number of piperidine rings is 1. The normalized spacial score (nSPS) is 15.9. The quantitative estimate of drug-likeness (QED) is 0.602. The number of aromatic nitrogens is 3. The van der Waals surface area contributed by atoms with Gasteiger partial charge in [0.1, 0.15) is 17.9 Å². The van der Waals surface area contributed by atoms with Crippen LogP contribution < -0.4 is 10.9 Å². The molecule has 1 aromatic carbocycles. The van der Waals surface area contributed by atoms with Gasteiger partial charge in [0.2, 0.25) is 5.91 Å². The van der Waals surface area contributed by atoms with Crippen molar-refractivity contribution >= 4 is 11.8 Å². The summed E-state index contributed by atoms with van der Waals surface area (Å²) in [5.41, 5.74) is 0.644. The Bertz CT molecular complexity index is 1170. The fourth-order valence-electron chi connectivity index (χ4n) is 4.27. The van der Waals surface area contributed by atoms with Crippen molar-refractivity contribution in [2.45, 2.75) is 39.4 Å². The number of hydrogen-bond acceptors (Lipinski definition) is 4. The number of pyridine rings is 1. The number of carbonyl (C=O) groups is 2. The molecule has 2 aromatic heterocycles. The van der Waals surface area contributed by atoms with Crippen LogP contribution in [0, 0.1) is 12.8 Å². The standard InChI is InChI=1S/C25H29N5O3/c1-19-26-11-14-28(19)16-21-9-5-12-29(17-21)24(32)22-10-6-13-30(25(22)33)18-23(31)27-15-20-7-3-2-4-8-20/h2-4,6-8,10-11,13-14,21H,5,9,12,15-18H2,1H3,(H,27,31). The number of amides is 2. The van der Waals surface area contributed by atoms with Crippen molar-refractivity contribution in [2.24, 2.45) is 5.92 Å². The highest BCUT2D eigenvalue weighted by Crippen LogP contribution is 2.20. The molecule has 1 unspecified atom stereocenters. The number of aryl methyl sites for hydroxylation is 1. The van der Waals surface area contributed by atoms with E-state index in [9.17, 15) is 14.4 Å². The van der Waals surface area contributed by atoms with Crippen LogP contribution in [-0.4, -0.2) is 43.9 Å². The van der Waals surface area contributed by atoms with Gasteiger partial charge in [-0.1, -0.05) is 30.3 Å². The fraction of sp³-hybridized carbons (Fsp3) is 0.360. The third kappa shape index (κ3) is 5.58. The first-order valence-corrected chi connectivity index (χ1v) is 11.3. The van der Waals surface area contributed by atoms with Gasteiger partial charge in [0.15, 0.2) is 0 Å². The van der Waals surface area contributed by atoms with Gasteiger partial charge >= 0.3 is 0 Å². The number of nitrogens with zero attached hydrogens (tertiary/aromatic N) is 4. The highest BCUT2D eigenvalue weighted by Gasteiger charge is 2.27. The lowest BCUT2D eigenvalue weighted by Gasteiger charge is -2.33. The minimum absolute atomic E-state index is 0.104. The van der Waals surface area contributed by atoms with E-state index in [0.29, 0.717) is 25.6 Å². The molecule has 1 aliphatic heterocycles. The minimum Gasteiger partial charge on any atom is -0.350 e. The van der Waals surface area contributed by atoms with E-state index in [1.807, 2.05) is 43.5 Å². The molecule has 4 rings (SSSR count). The molecule has 3 aromatic rings. The van der Waals surface area contributed by atoms with Crippen molar-refractivity contribution in [3.8, 4) is 0 Å². The first-order chi connectivity index (χ1) is 16.0. The fourth-order valence-corrected chi connectivity index (χ4v) is 4.27. The lowest BCUT2D eigenvalue weighted by molar-refractivity contribution is -0.121. The molecule has 1 saturated heterocycles. The predicted molar refractivity (Wildman–Crippen MR) is 125 cm³/mol. The van der Waals surface area contributed by atoms with E-state index in [1.54, 1.807) is 29.4 Å². The van der Waals surface area contributed by atoms with Crippen LogP contribution in [0.5, 0.6) is 0 Å². The van der Waals surface area contributed by atoms with Crippen LogP contribution in [0.1, 0.15) is 34.6 Å². The zero-order valence-corrected chi connectivity index (χ0v) is 18.8. The predicted octanol–water partition coefficient (Wildman–Crippen LogP) is 2.22. The number of imidazole rings is 1. The van der Waals surface area contributed by atoms with Crippen molar-refractivity contribution in [2.75, 3.05) is 13.1 Å². The molecular weight excluding hydrogens is 418 g/mol. The average molecular weight is 448 g/mol. The van der Waals surface area contributed by atoms with Crippen molar-refractivity contribution in [3.63, 3.8) is 0 Å². The number of carbonyl (C=O) groups excluding carboxylic acids is 2. The molecule has 172 valence electrons. The molecule has 8 nitrogen and oxygen atoms in total. The maximum atomic E-state index is 13.2. The Hall–Kier alpha value is -3.68. The molecule has 33 heavy (non-hydrogen) atoms. The zero-order valence-electron chi connectivity index (χ0n) is 18.8. The van der Waals surface area contributed by atoms with Gasteiger partial charge in [-0.15, -0.1) is 0 Å². The molecule has 8 heteroatoms. The van der Waals surface area contributed by atoms with Crippen LogP contribution in [0.15, 0.2) is 65.8 Å². The lowest BCUT2D eigenvalue weighted by atomic mass is 9.97. The number of nitrogens with one attached hydrogen (secondary N) is 1. The smallest absolute Gasteiger partial charge is 0.263 e. The Balaban J connectivity index is 1.39. The topological polar surface area (TPSA) is 89.2 Å². The van der Waals surface area contributed by atoms with Crippen molar-refractivity contribution < 1.29 is 9.59 Å². The van der Waals surface area contributed by atoms with Gasteiger partial charge < -0.3 is 19.4 Å². The van der Waals surface area contributed by atoms with Gasteiger partial charge in [-0.25, -0.2) is 4.98 Å². The van der Waals surface area contributed by atoms with E-state index in [2.05, 4.69) is 14.9 Å². The van der Waals surface area contributed by atoms with Crippen molar-refractivity contribution in [1.29, 1.82) is 0 Å². The van der Waals surface area contributed by atoms with E-state index in [-0.39, 0.29) is 23.9 Å². The van der Waals surface area contributed by atoms with E-state index in [1.165, 1.54) is 4.57 Å². The summed E-state index contributed by atoms with van der Waals surface area (Å²) < 4.78 is 3.39. The van der Waals surface area contributed by atoms with Crippen LogP contribution in [0.2, 0.25) is 0 Å². The summed E-state index contributed by atoms with van der Waals surface area (Å²) in [6.45, 7) is 4.25. The Kier molecular flexibility index (Phi) is 7.02. The molecule has 1 atom stereocenters. The van der Waals surface area contributed by atoms with Gasteiger partial charge in [0, 0.05) is 44.8 Å². The summed E-state index contributed by atoms with van der Waals surface area (Å²) in [5, 5.41) is 2.82. The van der Waals surface area contributed by atoms with Gasteiger partial charge in [0.05, 0.1) is 0 Å². The Morgan fingerprint density at radius 1 is 1.09 bits per heavy atom. The van der Waals surface area contributed by atoms with Gasteiger partial charge in [-0.05, 0) is 43.4 Å². The molecule has 0 saturated carbocycles. The van der Waals surface area contributed by atoms with Gasteiger partial charge in [0.25, 0.3) is 11.5 Å². The summed E-state index contributed by atoms with van der Waals surface area (Å²) in [5.74, 6) is 0.714. The number of likely N-dealkylation sites (tertiary alicyclic amines) is 1.